The number of hydrogen-bond acceptors (Lipinski definition) is 5. The summed E-state index contributed by atoms with van der Waals surface area (Å²) in [6.45, 7) is 7.45. The standard InChI is InChI=1S/C53H90O5/c1-4-7-10-13-16-19-22-25-26-27-30-33-36-39-42-45-48-56-49-51(58-53(55)47-44-41-38-35-32-29-24-21-18-15-12-9-6-3)50-57-52(54)46-43-40-37-34-31-28-23-20-17-14-11-8-5-2/h7,10,16,19-21,23-26,30,33,39,42,51H,4-6,8-9,11-15,17-18,22,27-29,31-32,34-38,40-41,43-50H2,1-3H3/b10-7-,19-16-,23-20-,24-21-,26-25-,33-30-,42-39-. The largest absolute Gasteiger partial charge is 0.462 e. The van der Waals surface area contributed by atoms with Gasteiger partial charge in [-0.2, -0.15) is 0 Å². The number of ether oxygens (including phenoxy) is 3. The molecule has 0 spiro atoms. The van der Waals surface area contributed by atoms with Gasteiger partial charge in [0.1, 0.15) is 6.61 Å². The zero-order chi connectivity index (χ0) is 42.1. The van der Waals surface area contributed by atoms with Crippen molar-refractivity contribution in [3.63, 3.8) is 0 Å². The Bertz CT molecular complexity index is 1090. The predicted octanol–water partition coefficient (Wildman–Crippen LogP) is 16.1. The number of unbranched alkanes of at least 4 members (excludes halogenated alkanes) is 18. The molecule has 0 aromatic heterocycles. The van der Waals surface area contributed by atoms with E-state index in [4.69, 9.17) is 14.2 Å². The lowest BCUT2D eigenvalue weighted by atomic mass is 10.1. The smallest absolute Gasteiger partial charge is 0.306 e. The fourth-order valence-electron chi connectivity index (χ4n) is 6.33. The van der Waals surface area contributed by atoms with Crippen molar-refractivity contribution in [2.75, 3.05) is 19.8 Å². The first-order valence-corrected chi connectivity index (χ1v) is 24.1. The fraction of sp³-hybridized carbons (Fsp3) is 0.698. The quantitative estimate of drug-likeness (QED) is 0.0349. The number of carbonyl (C=O) groups excluding carboxylic acids is 2. The van der Waals surface area contributed by atoms with E-state index in [2.05, 4.69) is 106 Å². The van der Waals surface area contributed by atoms with Crippen LogP contribution in [-0.2, 0) is 23.8 Å². The summed E-state index contributed by atoms with van der Waals surface area (Å²) in [6.07, 6.45) is 63.2. The van der Waals surface area contributed by atoms with E-state index in [1.807, 2.05) is 0 Å². The highest BCUT2D eigenvalue weighted by molar-refractivity contribution is 5.70. The molecule has 332 valence electrons. The molecular formula is C53H90O5. The van der Waals surface area contributed by atoms with Gasteiger partial charge in [0.15, 0.2) is 6.10 Å². The highest BCUT2D eigenvalue weighted by atomic mass is 16.6. The van der Waals surface area contributed by atoms with Gasteiger partial charge in [-0.1, -0.05) is 183 Å². The molecule has 0 aromatic rings. The fourth-order valence-corrected chi connectivity index (χ4v) is 6.33. The Kier molecular flexibility index (Phi) is 46.0. The summed E-state index contributed by atoms with van der Waals surface area (Å²) >= 11 is 0. The number of esters is 2. The average molecular weight is 807 g/mol. The van der Waals surface area contributed by atoms with Crippen LogP contribution in [0.4, 0.5) is 0 Å². The Labute approximate surface area is 359 Å². The second kappa shape index (κ2) is 48.4. The Hall–Kier alpha value is -2.92. The predicted molar refractivity (Wildman–Crippen MR) is 251 cm³/mol. The third-order valence-electron chi connectivity index (χ3n) is 9.90. The van der Waals surface area contributed by atoms with Crippen molar-refractivity contribution < 1.29 is 23.8 Å². The molecule has 0 heterocycles. The van der Waals surface area contributed by atoms with Crippen LogP contribution in [0.25, 0.3) is 0 Å². The van der Waals surface area contributed by atoms with E-state index in [1.165, 1.54) is 89.9 Å². The molecule has 0 bridgehead atoms. The molecule has 0 saturated heterocycles. The van der Waals surface area contributed by atoms with Crippen molar-refractivity contribution in [3.05, 3.63) is 85.1 Å². The summed E-state index contributed by atoms with van der Waals surface area (Å²) in [5, 5.41) is 0. The molecular weight excluding hydrogens is 717 g/mol. The van der Waals surface area contributed by atoms with Gasteiger partial charge in [-0.15, -0.1) is 0 Å². The van der Waals surface area contributed by atoms with Gasteiger partial charge in [0.25, 0.3) is 0 Å². The minimum absolute atomic E-state index is 0.0448. The third kappa shape index (κ3) is 45.8. The molecule has 0 aromatic carbocycles. The molecule has 5 heteroatoms. The first-order valence-electron chi connectivity index (χ1n) is 24.1. The molecule has 0 rings (SSSR count). The summed E-state index contributed by atoms with van der Waals surface area (Å²) in [7, 11) is 0. The number of hydrogen-bond donors (Lipinski definition) is 0. The molecule has 0 amide bonds. The highest BCUT2D eigenvalue weighted by Gasteiger charge is 2.17. The van der Waals surface area contributed by atoms with Gasteiger partial charge in [0, 0.05) is 12.8 Å². The van der Waals surface area contributed by atoms with E-state index in [9.17, 15) is 9.59 Å². The normalized spacial score (nSPS) is 12.9. The van der Waals surface area contributed by atoms with E-state index in [1.54, 1.807) is 0 Å². The summed E-state index contributed by atoms with van der Waals surface area (Å²) in [4.78, 5) is 25.3. The average Bonchev–Trinajstić information content (AvgIpc) is 3.22. The van der Waals surface area contributed by atoms with Crippen molar-refractivity contribution in [2.24, 2.45) is 0 Å². The molecule has 1 unspecified atom stereocenters. The van der Waals surface area contributed by atoms with Crippen molar-refractivity contribution in [1.29, 1.82) is 0 Å². The Morgan fingerprint density at radius 1 is 0.397 bits per heavy atom. The van der Waals surface area contributed by atoms with Crippen LogP contribution < -0.4 is 0 Å². The van der Waals surface area contributed by atoms with Gasteiger partial charge in [-0.25, -0.2) is 0 Å². The van der Waals surface area contributed by atoms with Gasteiger partial charge in [-0.3, -0.25) is 9.59 Å². The van der Waals surface area contributed by atoms with Gasteiger partial charge < -0.3 is 14.2 Å². The summed E-state index contributed by atoms with van der Waals surface area (Å²) < 4.78 is 17.2. The van der Waals surface area contributed by atoms with Crippen LogP contribution >= 0.6 is 0 Å². The van der Waals surface area contributed by atoms with Crippen molar-refractivity contribution in [2.45, 2.75) is 219 Å². The van der Waals surface area contributed by atoms with Crippen LogP contribution in [0.3, 0.4) is 0 Å². The van der Waals surface area contributed by atoms with Gasteiger partial charge in [0.05, 0.1) is 13.2 Å². The molecule has 0 aliphatic heterocycles. The summed E-state index contributed by atoms with van der Waals surface area (Å²) in [6, 6.07) is 0. The van der Waals surface area contributed by atoms with Crippen molar-refractivity contribution in [3.8, 4) is 0 Å². The number of carbonyl (C=O) groups is 2. The zero-order valence-electron chi connectivity index (χ0n) is 38.0. The molecule has 0 saturated carbocycles. The molecule has 0 aliphatic carbocycles. The maximum Gasteiger partial charge on any atom is 0.306 e. The zero-order valence-corrected chi connectivity index (χ0v) is 38.0. The number of allylic oxidation sites excluding steroid dienone is 13. The van der Waals surface area contributed by atoms with Crippen LogP contribution in [0, 0.1) is 0 Å². The van der Waals surface area contributed by atoms with Gasteiger partial charge in [0.2, 0.25) is 0 Å². The van der Waals surface area contributed by atoms with Crippen LogP contribution in [0.2, 0.25) is 0 Å². The van der Waals surface area contributed by atoms with E-state index < -0.39 is 6.10 Å². The molecule has 58 heavy (non-hydrogen) atoms. The molecule has 0 radical (unpaired) electrons. The van der Waals surface area contributed by atoms with Crippen LogP contribution in [0.5, 0.6) is 0 Å². The minimum atomic E-state index is -0.585. The molecule has 5 nitrogen and oxygen atoms in total. The molecule has 1 atom stereocenters. The summed E-state index contributed by atoms with van der Waals surface area (Å²) in [5.41, 5.74) is 0. The lowest BCUT2D eigenvalue weighted by Gasteiger charge is -2.18. The summed E-state index contributed by atoms with van der Waals surface area (Å²) in [5.74, 6) is -0.461. The first kappa shape index (κ1) is 55.1. The van der Waals surface area contributed by atoms with E-state index in [-0.39, 0.29) is 25.2 Å². The second-order valence-corrected chi connectivity index (χ2v) is 15.6. The molecule has 0 aliphatic rings. The van der Waals surface area contributed by atoms with Crippen LogP contribution in [0.1, 0.15) is 213 Å². The second-order valence-electron chi connectivity index (χ2n) is 15.6. The molecule has 0 N–H and O–H groups in total. The SMILES string of the molecule is CC/C=C\C/C=C\C/C=C\C/C=C\C/C=C\CCOCC(COC(=O)CCCCCCC/C=C\CCCCCC)OC(=O)CCCCCCC/C=C\CCCCCC. The van der Waals surface area contributed by atoms with Crippen molar-refractivity contribution in [1.82, 2.24) is 0 Å². The van der Waals surface area contributed by atoms with Gasteiger partial charge in [-0.05, 0) is 103 Å². The maximum absolute atomic E-state index is 12.7. The van der Waals surface area contributed by atoms with E-state index in [0.717, 1.165) is 89.9 Å². The van der Waals surface area contributed by atoms with Crippen LogP contribution in [0.15, 0.2) is 85.1 Å². The van der Waals surface area contributed by atoms with Crippen LogP contribution in [-0.4, -0.2) is 37.9 Å². The van der Waals surface area contributed by atoms with Crippen molar-refractivity contribution >= 4 is 11.9 Å². The lowest BCUT2D eigenvalue weighted by molar-refractivity contribution is -0.162. The highest BCUT2D eigenvalue weighted by Crippen LogP contribution is 2.12. The van der Waals surface area contributed by atoms with E-state index in [0.29, 0.717) is 19.4 Å². The Balaban J connectivity index is 4.42. The molecule has 0 fully saturated rings. The third-order valence-corrected chi connectivity index (χ3v) is 9.90. The lowest BCUT2D eigenvalue weighted by Crippen LogP contribution is -2.30. The number of rotatable bonds is 43. The van der Waals surface area contributed by atoms with E-state index >= 15 is 0 Å². The minimum Gasteiger partial charge on any atom is -0.462 e. The van der Waals surface area contributed by atoms with Gasteiger partial charge >= 0.3 is 11.9 Å². The Morgan fingerprint density at radius 2 is 0.776 bits per heavy atom. The Morgan fingerprint density at radius 3 is 1.24 bits per heavy atom. The topological polar surface area (TPSA) is 61.8 Å². The first-order chi connectivity index (χ1) is 28.6. The monoisotopic (exact) mass is 807 g/mol. The maximum atomic E-state index is 12.7.